The highest BCUT2D eigenvalue weighted by Gasteiger charge is 2.18. The van der Waals surface area contributed by atoms with Crippen LogP contribution >= 0.6 is 0 Å². The number of aryl methyl sites for hydroxylation is 1. The van der Waals surface area contributed by atoms with Crippen LogP contribution in [0.15, 0.2) is 30.6 Å². The highest BCUT2D eigenvalue weighted by Crippen LogP contribution is 2.33. The van der Waals surface area contributed by atoms with Gasteiger partial charge in [-0.2, -0.15) is 0 Å². The van der Waals surface area contributed by atoms with Crippen LogP contribution in [0, 0.1) is 0 Å². The lowest BCUT2D eigenvalue weighted by atomic mass is 10.0. The molecule has 4 heteroatoms. The van der Waals surface area contributed by atoms with Crippen molar-refractivity contribution in [1.82, 2.24) is 9.97 Å². The first-order valence-electron chi connectivity index (χ1n) is 7.05. The van der Waals surface area contributed by atoms with Gasteiger partial charge in [-0.1, -0.05) is 24.3 Å². The van der Waals surface area contributed by atoms with Gasteiger partial charge in [-0.3, -0.25) is 0 Å². The fourth-order valence-corrected chi connectivity index (χ4v) is 2.73. The highest BCUT2D eigenvalue weighted by atomic mass is 16.5. The van der Waals surface area contributed by atoms with Gasteiger partial charge in [-0.15, -0.1) is 0 Å². The molecule has 0 saturated carbocycles. The lowest BCUT2D eigenvalue weighted by Gasteiger charge is -2.13. The highest BCUT2D eigenvalue weighted by molar-refractivity contribution is 5.72. The van der Waals surface area contributed by atoms with E-state index < -0.39 is 0 Å². The van der Waals surface area contributed by atoms with Gasteiger partial charge >= 0.3 is 0 Å². The molecule has 3 rings (SSSR count). The van der Waals surface area contributed by atoms with Gasteiger partial charge in [0.25, 0.3) is 0 Å². The molecule has 1 aliphatic rings. The lowest BCUT2D eigenvalue weighted by Crippen LogP contribution is -2.11. The number of nitrogens with zero attached hydrogens (tertiary/aromatic N) is 2. The Labute approximate surface area is 119 Å². The summed E-state index contributed by atoms with van der Waals surface area (Å²) in [6.07, 6.45) is 4.90. The normalized spacial score (nSPS) is 13.2. The summed E-state index contributed by atoms with van der Waals surface area (Å²) < 4.78 is 5.08. The molecule has 0 amide bonds. The largest absolute Gasteiger partial charge is 0.383 e. The van der Waals surface area contributed by atoms with E-state index in [2.05, 4.69) is 39.6 Å². The Morgan fingerprint density at radius 3 is 3.00 bits per heavy atom. The number of aromatic nitrogens is 2. The second-order valence-corrected chi connectivity index (χ2v) is 4.98. The fraction of sp³-hybridized carbons (Fsp3) is 0.375. The summed E-state index contributed by atoms with van der Waals surface area (Å²) in [5.74, 6) is 0.948. The molecular weight excluding hydrogens is 250 g/mol. The lowest BCUT2D eigenvalue weighted by molar-refractivity contribution is 0.210. The molecule has 1 aliphatic carbocycles. The standard InChI is InChI=1S/C16H19N3O/c1-20-10-9-17-16-14-8-4-6-12-5-2-3-7-13(12)15(14)18-11-19-16/h2-3,5,7,11H,4,6,8-10H2,1H3,(H,17,18,19). The van der Waals surface area contributed by atoms with Gasteiger partial charge in [0, 0.05) is 24.8 Å². The summed E-state index contributed by atoms with van der Waals surface area (Å²) in [7, 11) is 1.71. The third kappa shape index (κ3) is 2.51. The van der Waals surface area contributed by atoms with Crippen molar-refractivity contribution in [3.05, 3.63) is 41.7 Å². The summed E-state index contributed by atoms with van der Waals surface area (Å²) in [5.41, 5.74) is 4.94. The first-order chi connectivity index (χ1) is 9.90. The predicted molar refractivity (Wildman–Crippen MR) is 79.9 cm³/mol. The predicted octanol–water partition coefficient (Wildman–Crippen LogP) is 2.69. The van der Waals surface area contributed by atoms with Crippen LogP contribution in [0.1, 0.15) is 17.5 Å². The van der Waals surface area contributed by atoms with Crippen LogP contribution < -0.4 is 5.32 Å². The topological polar surface area (TPSA) is 47.0 Å². The molecule has 0 aliphatic heterocycles. The molecule has 0 saturated heterocycles. The zero-order valence-corrected chi connectivity index (χ0v) is 11.7. The van der Waals surface area contributed by atoms with E-state index in [1.54, 1.807) is 13.4 Å². The Morgan fingerprint density at radius 2 is 2.10 bits per heavy atom. The van der Waals surface area contributed by atoms with Crippen LogP contribution in [-0.4, -0.2) is 30.2 Å². The Balaban J connectivity index is 2.00. The van der Waals surface area contributed by atoms with Gasteiger partial charge in [0.15, 0.2) is 0 Å². The van der Waals surface area contributed by atoms with Crippen LogP contribution in [0.5, 0.6) is 0 Å². The van der Waals surface area contributed by atoms with Crippen LogP contribution in [0.4, 0.5) is 5.82 Å². The zero-order chi connectivity index (χ0) is 13.8. The Bertz CT molecular complexity index is 598. The molecule has 2 aromatic rings. The summed E-state index contributed by atoms with van der Waals surface area (Å²) in [6, 6.07) is 8.53. The Kier molecular flexibility index (Phi) is 3.92. The second-order valence-electron chi connectivity index (χ2n) is 4.98. The molecule has 0 atom stereocenters. The van der Waals surface area contributed by atoms with Crippen molar-refractivity contribution >= 4 is 5.82 Å². The third-order valence-corrected chi connectivity index (χ3v) is 3.69. The molecule has 20 heavy (non-hydrogen) atoms. The number of rotatable bonds is 4. The number of anilines is 1. The van der Waals surface area contributed by atoms with Gasteiger partial charge in [0.05, 0.1) is 12.3 Å². The number of hydrogen-bond acceptors (Lipinski definition) is 4. The Morgan fingerprint density at radius 1 is 1.20 bits per heavy atom. The van der Waals surface area contributed by atoms with E-state index in [0.29, 0.717) is 6.61 Å². The molecule has 0 radical (unpaired) electrons. The first kappa shape index (κ1) is 13.1. The molecule has 1 aromatic heterocycles. The van der Waals surface area contributed by atoms with Gasteiger partial charge in [-0.05, 0) is 24.8 Å². The number of methoxy groups -OCH3 is 1. The molecule has 0 bridgehead atoms. The molecule has 0 unspecified atom stereocenters. The maximum Gasteiger partial charge on any atom is 0.133 e. The molecule has 104 valence electrons. The molecule has 1 heterocycles. The first-order valence-corrected chi connectivity index (χ1v) is 7.05. The van der Waals surface area contributed by atoms with Crippen molar-refractivity contribution in [1.29, 1.82) is 0 Å². The fourth-order valence-electron chi connectivity index (χ4n) is 2.73. The minimum atomic E-state index is 0.676. The number of benzene rings is 1. The van der Waals surface area contributed by atoms with Gasteiger partial charge in [-0.25, -0.2) is 9.97 Å². The van der Waals surface area contributed by atoms with Crippen molar-refractivity contribution in [3.8, 4) is 11.3 Å². The summed E-state index contributed by atoms with van der Waals surface area (Å²) in [6.45, 7) is 1.44. The summed E-state index contributed by atoms with van der Waals surface area (Å²) in [5, 5.41) is 3.36. The molecular formula is C16H19N3O. The van der Waals surface area contributed by atoms with Crippen molar-refractivity contribution < 1.29 is 4.74 Å². The summed E-state index contributed by atoms with van der Waals surface area (Å²) in [4.78, 5) is 8.93. The number of fused-ring (bicyclic) bond motifs is 3. The minimum absolute atomic E-state index is 0.676. The van der Waals surface area contributed by atoms with Crippen LogP contribution in [0.2, 0.25) is 0 Å². The Hall–Kier alpha value is -1.94. The zero-order valence-electron chi connectivity index (χ0n) is 11.7. The van der Waals surface area contributed by atoms with Crippen LogP contribution in [0.25, 0.3) is 11.3 Å². The molecule has 0 fully saturated rings. The molecule has 4 nitrogen and oxygen atoms in total. The molecule has 0 spiro atoms. The minimum Gasteiger partial charge on any atom is -0.383 e. The van der Waals surface area contributed by atoms with E-state index >= 15 is 0 Å². The number of nitrogens with one attached hydrogen (secondary N) is 1. The second kappa shape index (κ2) is 6.01. The average Bonchev–Trinajstić information content (AvgIpc) is 2.68. The van der Waals surface area contributed by atoms with E-state index in [1.807, 2.05) is 0 Å². The van der Waals surface area contributed by atoms with Gasteiger partial charge in [0.2, 0.25) is 0 Å². The van der Waals surface area contributed by atoms with E-state index in [4.69, 9.17) is 4.74 Å². The molecule has 1 aromatic carbocycles. The number of ether oxygens (including phenoxy) is 1. The van der Waals surface area contributed by atoms with E-state index in [9.17, 15) is 0 Å². The van der Waals surface area contributed by atoms with E-state index in [0.717, 1.165) is 37.3 Å². The van der Waals surface area contributed by atoms with Gasteiger partial charge in [0.1, 0.15) is 12.1 Å². The maximum absolute atomic E-state index is 5.08. The maximum atomic E-state index is 5.08. The summed E-state index contributed by atoms with van der Waals surface area (Å²) >= 11 is 0. The smallest absolute Gasteiger partial charge is 0.133 e. The van der Waals surface area contributed by atoms with Crippen molar-refractivity contribution in [3.63, 3.8) is 0 Å². The SMILES string of the molecule is COCCNc1ncnc2c1CCCc1ccccc1-2. The monoisotopic (exact) mass is 269 g/mol. The third-order valence-electron chi connectivity index (χ3n) is 3.69. The molecule has 1 N–H and O–H groups in total. The van der Waals surface area contributed by atoms with Crippen LogP contribution in [0.3, 0.4) is 0 Å². The van der Waals surface area contributed by atoms with Gasteiger partial charge < -0.3 is 10.1 Å². The van der Waals surface area contributed by atoms with Crippen molar-refractivity contribution in [2.45, 2.75) is 19.3 Å². The van der Waals surface area contributed by atoms with Crippen molar-refractivity contribution in [2.75, 3.05) is 25.6 Å². The van der Waals surface area contributed by atoms with Crippen molar-refractivity contribution in [2.24, 2.45) is 0 Å². The van der Waals surface area contributed by atoms with Crippen LogP contribution in [-0.2, 0) is 17.6 Å². The number of hydrogen-bond donors (Lipinski definition) is 1. The average molecular weight is 269 g/mol. The van der Waals surface area contributed by atoms with E-state index in [1.165, 1.54) is 16.7 Å². The quantitative estimate of drug-likeness (QED) is 0.867. The van der Waals surface area contributed by atoms with E-state index in [-0.39, 0.29) is 0 Å².